The first-order valence-electron chi connectivity index (χ1n) is 7.32. The molecule has 20 heavy (non-hydrogen) atoms. The third-order valence-electron chi connectivity index (χ3n) is 4.46. The first-order valence-corrected chi connectivity index (χ1v) is 7.32. The van der Waals surface area contributed by atoms with Crippen molar-refractivity contribution in [2.75, 3.05) is 0 Å². The Kier molecular flexibility index (Phi) is 4.43. The van der Waals surface area contributed by atoms with Crippen LogP contribution >= 0.6 is 0 Å². The molecular formula is C16H22F3N. The second-order valence-electron chi connectivity index (χ2n) is 5.97. The molecule has 0 aliphatic heterocycles. The van der Waals surface area contributed by atoms with Crippen LogP contribution in [0.5, 0.6) is 0 Å². The smallest absolute Gasteiger partial charge is 0.321 e. The molecule has 112 valence electrons. The van der Waals surface area contributed by atoms with Gasteiger partial charge in [0.05, 0.1) is 5.56 Å². The van der Waals surface area contributed by atoms with E-state index in [0.717, 1.165) is 38.2 Å². The van der Waals surface area contributed by atoms with E-state index in [1.807, 2.05) is 0 Å². The van der Waals surface area contributed by atoms with Gasteiger partial charge in [-0.05, 0) is 49.3 Å². The molecule has 1 aliphatic carbocycles. The zero-order valence-electron chi connectivity index (χ0n) is 11.8. The zero-order chi connectivity index (χ0) is 14.8. The largest absolute Gasteiger partial charge is 0.416 e. The Morgan fingerprint density at radius 1 is 1.25 bits per heavy atom. The summed E-state index contributed by atoms with van der Waals surface area (Å²) in [4.78, 5) is 0. The Morgan fingerprint density at radius 3 is 2.45 bits per heavy atom. The lowest BCUT2D eigenvalue weighted by molar-refractivity contribution is -0.137. The quantitative estimate of drug-likeness (QED) is 0.844. The molecule has 0 heterocycles. The number of nitrogens with two attached hydrogens (primary N) is 1. The molecule has 2 rings (SSSR count). The van der Waals surface area contributed by atoms with Gasteiger partial charge in [-0.15, -0.1) is 0 Å². The van der Waals surface area contributed by atoms with Crippen molar-refractivity contribution >= 4 is 0 Å². The lowest BCUT2D eigenvalue weighted by Crippen LogP contribution is -2.40. The van der Waals surface area contributed by atoms with Gasteiger partial charge < -0.3 is 5.73 Å². The minimum Gasteiger partial charge on any atom is -0.321 e. The summed E-state index contributed by atoms with van der Waals surface area (Å²) in [5, 5.41) is 0. The number of hydrogen-bond donors (Lipinski definition) is 1. The van der Waals surface area contributed by atoms with Gasteiger partial charge in [0, 0.05) is 5.54 Å². The van der Waals surface area contributed by atoms with Gasteiger partial charge in [0.15, 0.2) is 0 Å². The second-order valence-corrected chi connectivity index (χ2v) is 5.97. The van der Waals surface area contributed by atoms with E-state index in [2.05, 4.69) is 6.92 Å². The first kappa shape index (κ1) is 15.4. The van der Waals surface area contributed by atoms with Gasteiger partial charge in [0.2, 0.25) is 0 Å². The lowest BCUT2D eigenvalue weighted by Gasteiger charge is -2.38. The van der Waals surface area contributed by atoms with E-state index < -0.39 is 17.3 Å². The van der Waals surface area contributed by atoms with Gasteiger partial charge in [-0.3, -0.25) is 0 Å². The normalized spacial score (nSPS) is 27.6. The van der Waals surface area contributed by atoms with Crippen LogP contribution in [-0.2, 0) is 11.7 Å². The van der Waals surface area contributed by atoms with Crippen molar-refractivity contribution in [2.24, 2.45) is 11.7 Å². The summed E-state index contributed by atoms with van der Waals surface area (Å²) < 4.78 is 38.3. The predicted molar refractivity (Wildman–Crippen MR) is 74.2 cm³/mol. The zero-order valence-corrected chi connectivity index (χ0v) is 11.8. The van der Waals surface area contributed by atoms with E-state index in [4.69, 9.17) is 5.73 Å². The molecule has 1 fully saturated rings. The Hall–Kier alpha value is -1.03. The molecule has 4 heteroatoms. The monoisotopic (exact) mass is 285 g/mol. The first-order chi connectivity index (χ1) is 9.35. The predicted octanol–water partition coefficient (Wildman–Crippen LogP) is 4.85. The molecule has 0 aromatic heterocycles. The average molecular weight is 285 g/mol. The van der Waals surface area contributed by atoms with Gasteiger partial charge in [0.1, 0.15) is 0 Å². The fourth-order valence-electron chi connectivity index (χ4n) is 3.18. The van der Waals surface area contributed by atoms with E-state index in [1.54, 1.807) is 6.07 Å². The summed E-state index contributed by atoms with van der Waals surface area (Å²) in [6, 6.07) is 5.52. The summed E-state index contributed by atoms with van der Waals surface area (Å²) in [6.45, 7) is 2.16. The average Bonchev–Trinajstić information content (AvgIpc) is 2.41. The highest BCUT2D eigenvalue weighted by atomic mass is 19.4. The van der Waals surface area contributed by atoms with Gasteiger partial charge in [-0.25, -0.2) is 0 Å². The fraction of sp³-hybridized carbons (Fsp3) is 0.625. The van der Waals surface area contributed by atoms with Crippen LogP contribution in [0, 0.1) is 5.92 Å². The van der Waals surface area contributed by atoms with Gasteiger partial charge >= 0.3 is 6.18 Å². The highest BCUT2D eigenvalue weighted by Gasteiger charge is 2.36. The summed E-state index contributed by atoms with van der Waals surface area (Å²) >= 11 is 0. The van der Waals surface area contributed by atoms with Gasteiger partial charge in [-0.2, -0.15) is 13.2 Å². The van der Waals surface area contributed by atoms with E-state index >= 15 is 0 Å². The Bertz CT molecular complexity index is 445. The Labute approximate surface area is 118 Å². The highest BCUT2D eigenvalue weighted by Crippen LogP contribution is 2.40. The molecule has 0 radical (unpaired) electrons. The number of alkyl halides is 3. The molecule has 0 unspecified atom stereocenters. The molecule has 1 saturated carbocycles. The number of hydrogen-bond acceptors (Lipinski definition) is 1. The SMILES string of the molecule is CCCC1CCC(N)(c2cccc(C(F)(F)F)c2)CC1. The van der Waals surface area contributed by atoms with Crippen LogP contribution in [0.15, 0.2) is 24.3 Å². The number of rotatable bonds is 3. The lowest BCUT2D eigenvalue weighted by atomic mass is 9.72. The molecule has 2 N–H and O–H groups in total. The third-order valence-corrected chi connectivity index (χ3v) is 4.46. The third kappa shape index (κ3) is 3.35. The van der Waals surface area contributed by atoms with Crippen LogP contribution in [0.3, 0.4) is 0 Å². The summed E-state index contributed by atoms with van der Waals surface area (Å²) in [7, 11) is 0. The minimum atomic E-state index is -4.30. The maximum absolute atomic E-state index is 12.8. The van der Waals surface area contributed by atoms with Gasteiger partial charge in [-0.1, -0.05) is 31.9 Å². The van der Waals surface area contributed by atoms with E-state index in [-0.39, 0.29) is 0 Å². The molecule has 1 aromatic rings. The molecule has 1 aliphatic rings. The maximum Gasteiger partial charge on any atom is 0.416 e. The topological polar surface area (TPSA) is 26.0 Å². The minimum absolute atomic E-state index is 0.592. The number of benzene rings is 1. The molecule has 0 bridgehead atoms. The van der Waals surface area contributed by atoms with Crippen LogP contribution in [0.25, 0.3) is 0 Å². The van der Waals surface area contributed by atoms with Crippen molar-refractivity contribution in [3.8, 4) is 0 Å². The Morgan fingerprint density at radius 2 is 1.90 bits per heavy atom. The van der Waals surface area contributed by atoms with E-state index in [1.165, 1.54) is 18.6 Å². The molecular weight excluding hydrogens is 263 g/mol. The standard InChI is InChI=1S/C16H22F3N/c1-2-4-12-7-9-15(20,10-8-12)13-5-3-6-14(11-13)16(17,18)19/h3,5-6,11-12H,2,4,7-10,20H2,1H3. The van der Waals surface area contributed by atoms with Gasteiger partial charge in [0.25, 0.3) is 0 Å². The van der Waals surface area contributed by atoms with Crippen molar-refractivity contribution in [1.82, 2.24) is 0 Å². The van der Waals surface area contributed by atoms with E-state index in [9.17, 15) is 13.2 Å². The van der Waals surface area contributed by atoms with Crippen LogP contribution < -0.4 is 5.73 Å². The van der Waals surface area contributed by atoms with Crippen LogP contribution in [0.1, 0.15) is 56.6 Å². The van der Waals surface area contributed by atoms with Crippen molar-refractivity contribution < 1.29 is 13.2 Å². The molecule has 0 atom stereocenters. The van der Waals surface area contributed by atoms with Crippen molar-refractivity contribution in [3.05, 3.63) is 35.4 Å². The maximum atomic E-state index is 12.8. The van der Waals surface area contributed by atoms with Crippen LogP contribution in [0.4, 0.5) is 13.2 Å². The Balaban J connectivity index is 2.15. The molecule has 1 aromatic carbocycles. The highest BCUT2D eigenvalue weighted by molar-refractivity contribution is 5.31. The summed E-state index contributed by atoms with van der Waals surface area (Å²) in [5.74, 6) is 0.683. The molecule has 0 amide bonds. The molecule has 1 nitrogen and oxygen atoms in total. The van der Waals surface area contributed by atoms with Crippen LogP contribution in [0.2, 0.25) is 0 Å². The second kappa shape index (κ2) is 5.76. The van der Waals surface area contributed by atoms with Crippen molar-refractivity contribution in [3.63, 3.8) is 0 Å². The summed E-state index contributed by atoms with van der Waals surface area (Å²) in [5.41, 5.74) is 5.82. The molecule has 0 saturated heterocycles. The number of halogens is 3. The van der Waals surface area contributed by atoms with Crippen LogP contribution in [-0.4, -0.2) is 0 Å². The summed E-state index contributed by atoms with van der Waals surface area (Å²) in [6.07, 6.45) is 1.63. The van der Waals surface area contributed by atoms with Crippen molar-refractivity contribution in [1.29, 1.82) is 0 Å². The van der Waals surface area contributed by atoms with Crippen molar-refractivity contribution in [2.45, 2.75) is 57.2 Å². The molecule has 0 spiro atoms. The fourth-order valence-corrected chi connectivity index (χ4v) is 3.18. The van der Waals surface area contributed by atoms with E-state index in [0.29, 0.717) is 11.5 Å².